The number of anilines is 1. The Hall–Kier alpha value is -1.13. The Morgan fingerprint density at radius 2 is 1.89 bits per heavy atom. The van der Waals surface area contributed by atoms with Crippen LogP contribution in [0.5, 0.6) is 0 Å². The Morgan fingerprint density at radius 3 is 2.39 bits per heavy atom. The summed E-state index contributed by atoms with van der Waals surface area (Å²) in [6.45, 7) is 0.880. The van der Waals surface area contributed by atoms with E-state index in [1.165, 1.54) is 25.7 Å². The zero-order chi connectivity index (χ0) is 13.0. The monoisotopic (exact) mass is 264 g/mol. The van der Waals surface area contributed by atoms with E-state index in [4.69, 9.17) is 18.0 Å². The van der Waals surface area contributed by atoms with E-state index >= 15 is 0 Å². The fraction of sp³-hybridized carbons (Fsp3) is 0.500. The van der Waals surface area contributed by atoms with Gasteiger partial charge in [0.15, 0.2) is 0 Å². The van der Waals surface area contributed by atoms with Gasteiger partial charge in [-0.1, -0.05) is 25.1 Å². The third-order valence-electron chi connectivity index (χ3n) is 3.59. The van der Waals surface area contributed by atoms with Crippen molar-refractivity contribution in [2.75, 3.05) is 18.1 Å². The summed E-state index contributed by atoms with van der Waals surface area (Å²) in [6, 6.07) is 8.56. The smallest absolute Gasteiger partial charge is 0.103 e. The van der Waals surface area contributed by atoms with Gasteiger partial charge >= 0.3 is 0 Å². The molecule has 0 amide bonds. The van der Waals surface area contributed by atoms with Gasteiger partial charge in [-0.15, -0.1) is 0 Å². The highest BCUT2D eigenvalue weighted by Gasteiger charge is 2.22. The molecule has 1 aliphatic carbocycles. The number of nitrogens with two attached hydrogens (primary N) is 1. The molecule has 0 aliphatic heterocycles. The van der Waals surface area contributed by atoms with Gasteiger partial charge in [0.05, 0.1) is 6.61 Å². The predicted molar refractivity (Wildman–Crippen MR) is 79.0 cm³/mol. The number of nitrogens with zero attached hydrogens (tertiary/aromatic N) is 1. The van der Waals surface area contributed by atoms with Gasteiger partial charge in [0, 0.05) is 23.8 Å². The van der Waals surface area contributed by atoms with E-state index in [2.05, 4.69) is 4.90 Å². The third-order valence-corrected chi connectivity index (χ3v) is 3.83. The minimum atomic E-state index is 0.188. The van der Waals surface area contributed by atoms with Crippen molar-refractivity contribution in [2.45, 2.75) is 31.7 Å². The summed E-state index contributed by atoms with van der Waals surface area (Å²) >= 11 is 4.95. The maximum atomic E-state index is 9.22. The molecular formula is C14H20N2OS. The van der Waals surface area contributed by atoms with Crippen molar-refractivity contribution < 1.29 is 5.11 Å². The molecule has 0 radical (unpaired) electrons. The van der Waals surface area contributed by atoms with Gasteiger partial charge in [-0.05, 0) is 37.1 Å². The van der Waals surface area contributed by atoms with Gasteiger partial charge in [0.25, 0.3) is 0 Å². The molecule has 0 saturated heterocycles. The number of aliphatic hydroxyl groups excluding tert-OH is 1. The van der Waals surface area contributed by atoms with E-state index in [9.17, 15) is 5.11 Å². The van der Waals surface area contributed by atoms with Crippen LogP contribution in [0.2, 0.25) is 0 Å². The number of rotatable bonds is 5. The Bertz CT molecular complexity index is 399. The number of hydrogen-bond acceptors (Lipinski definition) is 3. The molecule has 0 unspecified atom stereocenters. The van der Waals surface area contributed by atoms with Crippen molar-refractivity contribution in [3.8, 4) is 0 Å². The van der Waals surface area contributed by atoms with Crippen LogP contribution in [0.15, 0.2) is 24.3 Å². The molecule has 1 aromatic carbocycles. The van der Waals surface area contributed by atoms with Crippen LogP contribution in [-0.2, 0) is 0 Å². The minimum Gasteiger partial charge on any atom is -0.395 e. The van der Waals surface area contributed by atoms with Crippen molar-refractivity contribution >= 4 is 22.9 Å². The van der Waals surface area contributed by atoms with Crippen LogP contribution in [0, 0.1) is 0 Å². The highest BCUT2D eigenvalue weighted by molar-refractivity contribution is 7.80. The van der Waals surface area contributed by atoms with Crippen molar-refractivity contribution in [1.82, 2.24) is 0 Å². The van der Waals surface area contributed by atoms with E-state index in [-0.39, 0.29) is 6.61 Å². The van der Waals surface area contributed by atoms with Gasteiger partial charge in [-0.25, -0.2) is 0 Å². The summed E-state index contributed by atoms with van der Waals surface area (Å²) < 4.78 is 0. The molecule has 98 valence electrons. The van der Waals surface area contributed by atoms with Crippen molar-refractivity contribution in [3.05, 3.63) is 29.8 Å². The van der Waals surface area contributed by atoms with Gasteiger partial charge in [0.1, 0.15) is 4.99 Å². The van der Waals surface area contributed by atoms with E-state index in [1.807, 2.05) is 24.3 Å². The molecule has 1 fully saturated rings. The maximum absolute atomic E-state index is 9.22. The SMILES string of the molecule is NC(=S)c1ccc(N(CCO)C2CCCC2)cc1. The average molecular weight is 264 g/mol. The highest BCUT2D eigenvalue weighted by atomic mass is 32.1. The van der Waals surface area contributed by atoms with Gasteiger partial charge in [-0.3, -0.25) is 0 Å². The molecule has 2 rings (SSSR count). The van der Waals surface area contributed by atoms with Crippen molar-refractivity contribution in [1.29, 1.82) is 0 Å². The van der Waals surface area contributed by atoms with E-state index in [1.54, 1.807) is 0 Å². The van der Waals surface area contributed by atoms with Crippen LogP contribution in [0.25, 0.3) is 0 Å². The molecule has 0 bridgehead atoms. The molecule has 4 heteroatoms. The summed E-state index contributed by atoms with van der Waals surface area (Å²) in [6.07, 6.45) is 5.02. The van der Waals surface area contributed by atoms with E-state index < -0.39 is 0 Å². The number of aliphatic hydroxyl groups is 1. The first-order valence-corrected chi connectivity index (χ1v) is 6.90. The van der Waals surface area contributed by atoms with Gasteiger partial charge in [0.2, 0.25) is 0 Å². The Labute approximate surface area is 114 Å². The lowest BCUT2D eigenvalue weighted by Gasteiger charge is -2.30. The zero-order valence-corrected chi connectivity index (χ0v) is 11.3. The lowest BCUT2D eigenvalue weighted by atomic mass is 10.1. The van der Waals surface area contributed by atoms with E-state index in [0.717, 1.165) is 11.3 Å². The first-order chi connectivity index (χ1) is 8.72. The Balaban J connectivity index is 2.16. The van der Waals surface area contributed by atoms with Crippen LogP contribution < -0.4 is 10.6 Å². The summed E-state index contributed by atoms with van der Waals surface area (Å²) in [7, 11) is 0. The molecule has 1 aliphatic rings. The topological polar surface area (TPSA) is 49.5 Å². The van der Waals surface area contributed by atoms with Crippen LogP contribution in [-0.4, -0.2) is 29.3 Å². The fourth-order valence-corrected chi connectivity index (χ4v) is 2.80. The van der Waals surface area contributed by atoms with Crippen molar-refractivity contribution in [3.63, 3.8) is 0 Å². The number of hydrogen-bond donors (Lipinski definition) is 2. The molecule has 18 heavy (non-hydrogen) atoms. The summed E-state index contributed by atoms with van der Waals surface area (Å²) in [5, 5.41) is 9.22. The van der Waals surface area contributed by atoms with Crippen LogP contribution in [0.3, 0.4) is 0 Å². The van der Waals surface area contributed by atoms with E-state index in [0.29, 0.717) is 17.6 Å². The number of benzene rings is 1. The van der Waals surface area contributed by atoms with Crippen LogP contribution in [0.1, 0.15) is 31.2 Å². The first-order valence-electron chi connectivity index (χ1n) is 6.49. The minimum absolute atomic E-state index is 0.188. The molecule has 3 N–H and O–H groups in total. The largest absolute Gasteiger partial charge is 0.395 e. The molecule has 0 heterocycles. The fourth-order valence-electron chi connectivity index (χ4n) is 2.66. The number of thiocarbonyl (C=S) groups is 1. The second-order valence-electron chi connectivity index (χ2n) is 4.77. The normalized spacial score (nSPS) is 15.8. The molecule has 0 atom stereocenters. The molecule has 1 saturated carbocycles. The molecule has 0 spiro atoms. The second-order valence-corrected chi connectivity index (χ2v) is 5.21. The Morgan fingerprint density at radius 1 is 1.28 bits per heavy atom. The summed E-state index contributed by atoms with van der Waals surface area (Å²) in [5.74, 6) is 0. The maximum Gasteiger partial charge on any atom is 0.103 e. The molecule has 3 nitrogen and oxygen atoms in total. The van der Waals surface area contributed by atoms with Gasteiger partial charge < -0.3 is 15.7 Å². The lowest BCUT2D eigenvalue weighted by Crippen LogP contribution is -2.35. The Kier molecular flexibility index (Phi) is 4.55. The molecular weight excluding hydrogens is 244 g/mol. The zero-order valence-electron chi connectivity index (χ0n) is 10.5. The third kappa shape index (κ3) is 3.00. The van der Waals surface area contributed by atoms with Gasteiger partial charge in [-0.2, -0.15) is 0 Å². The van der Waals surface area contributed by atoms with Crippen LogP contribution in [0.4, 0.5) is 5.69 Å². The predicted octanol–water partition coefficient (Wildman–Crippen LogP) is 2.06. The highest BCUT2D eigenvalue weighted by Crippen LogP contribution is 2.28. The second kappa shape index (κ2) is 6.16. The van der Waals surface area contributed by atoms with Crippen molar-refractivity contribution in [2.24, 2.45) is 5.73 Å². The molecule has 1 aromatic rings. The molecule has 0 aromatic heterocycles. The van der Waals surface area contributed by atoms with Crippen LogP contribution >= 0.6 is 12.2 Å². The quantitative estimate of drug-likeness (QED) is 0.799. The average Bonchev–Trinajstić information content (AvgIpc) is 2.90. The first kappa shape index (κ1) is 13.3. The lowest BCUT2D eigenvalue weighted by molar-refractivity contribution is 0.297. The summed E-state index contributed by atoms with van der Waals surface area (Å²) in [5.41, 5.74) is 7.64. The summed E-state index contributed by atoms with van der Waals surface area (Å²) in [4.78, 5) is 2.73. The standard InChI is InChI=1S/C14H20N2OS/c15-14(18)11-5-7-13(8-6-11)16(9-10-17)12-3-1-2-4-12/h5-8,12,17H,1-4,9-10H2,(H2,15,18).